The lowest BCUT2D eigenvalue weighted by molar-refractivity contribution is 0.637. The summed E-state index contributed by atoms with van der Waals surface area (Å²) in [5.74, 6) is 0.679. The summed E-state index contributed by atoms with van der Waals surface area (Å²) in [6.07, 6.45) is 0.828. The summed E-state index contributed by atoms with van der Waals surface area (Å²) in [5, 5.41) is 1.44. The molecule has 0 aliphatic rings. The first-order chi connectivity index (χ1) is 13.1. The molecule has 2 nitrogen and oxygen atoms in total. The van der Waals surface area contributed by atoms with E-state index in [2.05, 4.69) is 4.72 Å². The second-order valence-corrected chi connectivity index (χ2v) is 8.54. The van der Waals surface area contributed by atoms with Crippen molar-refractivity contribution >= 4 is 34.2 Å². The number of nitrogens with one attached hydrogen (secondary N) is 1. The highest BCUT2D eigenvalue weighted by Crippen LogP contribution is 2.23. The molecule has 0 aliphatic carbocycles. The Morgan fingerprint density at radius 2 is 1.37 bits per heavy atom. The minimum absolute atomic E-state index is 0.183. The summed E-state index contributed by atoms with van der Waals surface area (Å²) in [6.45, 7) is 0.615. The zero-order valence-corrected chi connectivity index (χ0v) is 17.1. The van der Waals surface area contributed by atoms with Crippen LogP contribution >= 0.6 is 23.2 Å². The molecule has 0 saturated heterocycles. The molecule has 0 saturated carbocycles. The van der Waals surface area contributed by atoms with Gasteiger partial charge in [0.15, 0.2) is 0 Å². The Morgan fingerprint density at radius 3 is 2.00 bits per heavy atom. The van der Waals surface area contributed by atoms with E-state index in [9.17, 15) is 4.21 Å². The highest BCUT2D eigenvalue weighted by Gasteiger charge is 2.14. The van der Waals surface area contributed by atoms with Crippen molar-refractivity contribution in [2.45, 2.75) is 18.1 Å². The molecule has 3 rings (SSSR count). The van der Waals surface area contributed by atoms with Gasteiger partial charge in [0.25, 0.3) is 0 Å². The third-order valence-corrected chi connectivity index (χ3v) is 5.96. The molecule has 0 aromatic heterocycles. The third kappa shape index (κ3) is 6.47. The molecule has 27 heavy (non-hydrogen) atoms. The Labute approximate surface area is 173 Å². The smallest absolute Gasteiger partial charge is 0.0960 e. The van der Waals surface area contributed by atoms with Gasteiger partial charge in [0.2, 0.25) is 0 Å². The summed E-state index contributed by atoms with van der Waals surface area (Å²) < 4.78 is 15.6. The minimum Gasteiger partial charge on any atom is -0.243 e. The number of hydrogen-bond donors (Lipinski definition) is 1. The number of halogens is 2. The van der Waals surface area contributed by atoms with Crippen molar-refractivity contribution in [2.75, 3.05) is 6.54 Å². The van der Waals surface area contributed by atoms with Crippen LogP contribution < -0.4 is 4.72 Å². The van der Waals surface area contributed by atoms with Crippen LogP contribution in [-0.4, -0.2) is 10.8 Å². The fourth-order valence-electron chi connectivity index (χ4n) is 2.92. The van der Waals surface area contributed by atoms with Gasteiger partial charge in [0.05, 0.1) is 16.7 Å². The summed E-state index contributed by atoms with van der Waals surface area (Å²) in [5.41, 5.74) is 3.41. The Hall–Kier alpha value is -1.65. The lowest BCUT2D eigenvalue weighted by atomic mass is 9.92. The molecule has 0 amide bonds. The average molecular weight is 418 g/mol. The molecule has 5 heteroatoms. The average Bonchev–Trinajstić information content (AvgIpc) is 2.68. The molecule has 0 heterocycles. The molecule has 0 aliphatic heterocycles. The van der Waals surface area contributed by atoms with Crippen molar-refractivity contribution in [1.82, 2.24) is 4.72 Å². The van der Waals surface area contributed by atoms with Gasteiger partial charge < -0.3 is 0 Å². The molecule has 0 fully saturated rings. The van der Waals surface area contributed by atoms with Crippen LogP contribution in [0.4, 0.5) is 0 Å². The Bertz CT molecular complexity index is 867. The van der Waals surface area contributed by atoms with Crippen molar-refractivity contribution < 1.29 is 4.21 Å². The van der Waals surface area contributed by atoms with Crippen LogP contribution in [0, 0.1) is 0 Å². The van der Waals surface area contributed by atoms with Gasteiger partial charge in [-0.15, -0.1) is 0 Å². The molecule has 0 bridgehead atoms. The quantitative estimate of drug-likeness (QED) is 0.494. The molecule has 0 radical (unpaired) electrons. The van der Waals surface area contributed by atoms with Gasteiger partial charge in [-0.25, -0.2) is 8.93 Å². The lowest BCUT2D eigenvalue weighted by Crippen LogP contribution is -2.26. The molecule has 2 unspecified atom stereocenters. The van der Waals surface area contributed by atoms with E-state index in [1.165, 1.54) is 11.1 Å². The molecule has 140 valence electrons. The van der Waals surface area contributed by atoms with Gasteiger partial charge in [-0.05, 0) is 47.4 Å². The number of hydrogen-bond acceptors (Lipinski definition) is 1. The maximum absolute atomic E-state index is 12.5. The fourth-order valence-corrected chi connectivity index (χ4v) is 4.15. The zero-order chi connectivity index (χ0) is 19.1. The van der Waals surface area contributed by atoms with E-state index < -0.39 is 11.0 Å². The van der Waals surface area contributed by atoms with Crippen LogP contribution in [0.15, 0.2) is 78.9 Å². The van der Waals surface area contributed by atoms with Crippen molar-refractivity contribution in [2.24, 2.45) is 0 Å². The van der Waals surface area contributed by atoms with E-state index in [0.717, 1.165) is 17.0 Å². The first-order valence-corrected chi connectivity index (χ1v) is 10.8. The summed E-state index contributed by atoms with van der Waals surface area (Å²) in [4.78, 5) is 0. The fraction of sp³-hybridized carbons (Fsp3) is 0.182. The van der Waals surface area contributed by atoms with Crippen LogP contribution in [0.1, 0.15) is 22.6 Å². The van der Waals surface area contributed by atoms with Gasteiger partial charge in [0, 0.05) is 22.5 Å². The molecule has 3 aromatic rings. The Kier molecular flexibility index (Phi) is 7.48. The molecule has 0 spiro atoms. The van der Waals surface area contributed by atoms with Crippen LogP contribution in [0.2, 0.25) is 10.0 Å². The molecule has 3 aromatic carbocycles. The second kappa shape index (κ2) is 10.0. The summed E-state index contributed by atoms with van der Waals surface area (Å²) in [7, 11) is -1.13. The van der Waals surface area contributed by atoms with Gasteiger partial charge >= 0.3 is 0 Å². The third-order valence-electron chi connectivity index (χ3n) is 4.37. The Balaban J connectivity index is 1.68. The van der Waals surface area contributed by atoms with Crippen molar-refractivity contribution in [1.29, 1.82) is 0 Å². The first kappa shape index (κ1) is 20.1. The predicted molar refractivity (Wildman–Crippen MR) is 116 cm³/mol. The van der Waals surface area contributed by atoms with Gasteiger partial charge in [-0.1, -0.05) is 77.8 Å². The molecule has 2 atom stereocenters. The van der Waals surface area contributed by atoms with E-state index in [1.54, 1.807) is 0 Å². The van der Waals surface area contributed by atoms with Crippen LogP contribution in [0.3, 0.4) is 0 Å². The standard InChI is InChI=1S/C22H21Cl2NOS/c23-21-10-6-17(7-11-21)14-20(19-8-12-22(24)13-9-19)15-25-27(26)16-18-4-2-1-3-5-18/h1-13,20,25H,14-16H2. The molecule has 1 N–H and O–H groups in total. The number of benzene rings is 3. The van der Waals surface area contributed by atoms with E-state index >= 15 is 0 Å². The van der Waals surface area contributed by atoms with Gasteiger partial charge in [0.1, 0.15) is 0 Å². The maximum Gasteiger partial charge on any atom is 0.0960 e. The first-order valence-electron chi connectivity index (χ1n) is 8.76. The van der Waals surface area contributed by atoms with Crippen molar-refractivity contribution in [3.05, 3.63) is 106 Å². The maximum atomic E-state index is 12.5. The normalized spacial score (nSPS) is 13.3. The second-order valence-electron chi connectivity index (χ2n) is 6.40. The van der Waals surface area contributed by atoms with E-state index in [1.807, 2.05) is 78.9 Å². The molecular formula is C22H21Cl2NOS. The highest BCUT2D eigenvalue weighted by molar-refractivity contribution is 7.82. The highest BCUT2D eigenvalue weighted by atomic mass is 35.5. The van der Waals surface area contributed by atoms with E-state index in [4.69, 9.17) is 23.2 Å². The number of rotatable bonds is 8. The Morgan fingerprint density at radius 1 is 0.778 bits per heavy atom. The molecular weight excluding hydrogens is 397 g/mol. The minimum atomic E-state index is -1.13. The van der Waals surface area contributed by atoms with Crippen molar-refractivity contribution in [3.8, 4) is 0 Å². The predicted octanol–water partition coefficient (Wildman–Crippen LogP) is 5.77. The van der Waals surface area contributed by atoms with Crippen LogP contribution in [0.5, 0.6) is 0 Å². The topological polar surface area (TPSA) is 29.1 Å². The largest absolute Gasteiger partial charge is 0.243 e. The lowest BCUT2D eigenvalue weighted by Gasteiger charge is -2.18. The van der Waals surface area contributed by atoms with E-state index in [-0.39, 0.29) is 5.92 Å². The zero-order valence-electron chi connectivity index (χ0n) is 14.8. The monoisotopic (exact) mass is 417 g/mol. The van der Waals surface area contributed by atoms with E-state index in [0.29, 0.717) is 17.3 Å². The van der Waals surface area contributed by atoms with Crippen LogP contribution in [-0.2, 0) is 23.2 Å². The summed E-state index contributed by atoms with van der Waals surface area (Å²) in [6, 6.07) is 25.6. The van der Waals surface area contributed by atoms with Crippen molar-refractivity contribution in [3.63, 3.8) is 0 Å². The van der Waals surface area contributed by atoms with Crippen LogP contribution in [0.25, 0.3) is 0 Å². The summed E-state index contributed by atoms with van der Waals surface area (Å²) >= 11 is 12.0. The van der Waals surface area contributed by atoms with Gasteiger partial charge in [-0.2, -0.15) is 0 Å². The van der Waals surface area contributed by atoms with Gasteiger partial charge in [-0.3, -0.25) is 0 Å². The SMILES string of the molecule is O=S(Cc1ccccc1)NCC(Cc1ccc(Cl)cc1)c1ccc(Cl)cc1.